The molecule has 168 valence electrons. The second-order valence-electron chi connectivity index (χ2n) is 7.47. The zero-order chi connectivity index (χ0) is 22.7. The van der Waals surface area contributed by atoms with Gasteiger partial charge in [-0.1, -0.05) is 24.3 Å². The molecule has 2 aromatic carbocycles. The van der Waals surface area contributed by atoms with E-state index < -0.39 is 17.8 Å². The van der Waals surface area contributed by atoms with Gasteiger partial charge in [-0.15, -0.1) is 0 Å². The summed E-state index contributed by atoms with van der Waals surface area (Å²) in [6, 6.07) is 11.9. The predicted octanol–water partition coefficient (Wildman–Crippen LogP) is 3.23. The molecule has 32 heavy (non-hydrogen) atoms. The maximum Gasteiger partial charge on any atom is 0.416 e. The summed E-state index contributed by atoms with van der Waals surface area (Å²) in [7, 11) is 0. The van der Waals surface area contributed by atoms with Crippen molar-refractivity contribution in [2.24, 2.45) is 0 Å². The number of benzene rings is 2. The molecule has 0 spiro atoms. The number of fused-ring (bicyclic) bond motifs is 1. The number of halogens is 3. The Balaban J connectivity index is 1.30. The number of carbonyl (C=O) groups is 2. The largest absolute Gasteiger partial charge is 0.485 e. The number of rotatable bonds is 3. The van der Waals surface area contributed by atoms with Gasteiger partial charge in [0.05, 0.1) is 5.56 Å². The van der Waals surface area contributed by atoms with E-state index in [-0.39, 0.29) is 24.0 Å². The van der Waals surface area contributed by atoms with Gasteiger partial charge in [-0.2, -0.15) is 13.2 Å². The molecule has 2 amide bonds. The lowest BCUT2D eigenvalue weighted by molar-refractivity contribution is -0.145. The Kier molecular flexibility index (Phi) is 6.07. The van der Waals surface area contributed by atoms with Crippen molar-refractivity contribution in [3.05, 3.63) is 65.7 Å². The fourth-order valence-corrected chi connectivity index (χ4v) is 3.58. The lowest BCUT2D eigenvalue weighted by atomic mass is 10.1. The Morgan fingerprint density at radius 1 is 0.938 bits per heavy atom. The first-order chi connectivity index (χ1) is 15.3. The maximum atomic E-state index is 12.8. The van der Waals surface area contributed by atoms with Gasteiger partial charge >= 0.3 is 6.18 Å². The number of hydrogen-bond acceptors (Lipinski definition) is 4. The minimum Gasteiger partial charge on any atom is -0.485 e. The van der Waals surface area contributed by atoms with E-state index in [2.05, 4.69) is 0 Å². The van der Waals surface area contributed by atoms with Crippen LogP contribution in [0.5, 0.6) is 11.5 Å². The summed E-state index contributed by atoms with van der Waals surface area (Å²) in [6.45, 7) is 1.44. The molecule has 0 aliphatic carbocycles. The van der Waals surface area contributed by atoms with Crippen LogP contribution >= 0.6 is 0 Å². The third-order valence-corrected chi connectivity index (χ3v) is 5.32. The van der Waals surface area contributed by atoms with Gasteiger partial charge < -0.3 is 19.3 Å². The highest BCUT2D eigenvalue weighted by atomic mass is 19.4. The first-order valence-electron chi connectivity index (χ1n) is 10.1. The number of hydrogen-bond donors (Lipinski definition) is 0. The van der Waals surface area contributed by atoms with Crippen LogP contribution in [0.3, 0.4) is 0 Å². The van der Waals surface area contributed by atoms with Gasteiger partial charge in [0, 0.05) is 32.3 Å². The SMILES string of the molecule is O=C(/C=C\c1cccc(C(F)(F)F)c1)N1CCN(C(=O)[C@@H]2COc3ccccc3O2)CC1. The van der Waals surface area contributed by atoms with Crippen molar-refractivity contribution in [2.75, 3.05) is 32.8 Å². The Hall–Kier alpha value is -3.49. The molecule has 0 bridgehead atoms. The van der Waals surface area contributed by atoms with E-state index in [0.717, 1.165) is 12.1 Å². The molecule has 1 fully saturated rings. The summed E-state index contributed by atoms with van der Waals surface area (Å²) in [5.74, 6) is 0.594. The normalized spacial score (nSPS) is 18.7. The molecular formula is C23H21F3N2O4. The molecule has 6 nitrogen and oxygen atoms in total. The predicted molar refractivity (Wildman–Crippen MR) is 110 cm³/mol. The van der Waals surface area contributed by atoms with Crippen molar-refractivity contribution in [2.45, 2.75) is 12.3 Å². The molecule has 2 aliphatic heterocycles. The van der Waals surface area contributed by atoms with Crippen LogP contribution in [-0.2, 0) is 15.8 Å². The molecule has 2 aliphatic rings. The van der Waals surface area contributed by atoms with Crippen LogP contribution in [0.15, 0.2) is 54.6 Å². The molecule has 0 saturated carbocycles. The van der Waals surface area contributed by atoms with E-state index in [4.69, 9.17) is 9.47 Å². The molecule has 4 rings (SSSR count). The van der Waals surface area contributed by atoms with Crippen molar-refractivity contribution >= 4 is 17.9 Å². The molecule has 0 unspecified atom stereocenters. The van der Waals surface area contributed by atoms with Crippen molar-refractivity contribution in [3.8, 4) is 11.5 Å². The van der Waals surface area contributed by atoms with Crippen LogP contribution < -0.4 is 9.47 Å². The summed E-state index contributed by atoms with van der Waals surface area (Å²) in [5, 5.41) is 0. The van der Waals surface area contributed by atoms with Crippen molar-refractivity contribution in [1.29, 1.82) is 0 Å². The molecule has 0 aromatic heterocycles. The molecule has 0 radical (unpaired) electrons. The molecular weight excluding hydrogens is 425 g/mol. The van der Waals surface area contributed by atoms with Crippen LogP contribution in [0.2, 0.25) is 0 Å². The zero-order valence-corrected chi connectivity index (χ0v) is 17.0. The van der Waals surface area contributed by atoms with Crippen LogP contribution in [0, 0.1) is 0 Å². The van der Waals surface area contributed by atoms with Crippen molar-refractivity contribution in [3.63, 3.8) is 0 Å². The van der Waals surface area contributed by atoms with Crippen LogP contribution in [0.4, 0.5) is 13.2 Å². The Morgan fingerprint density at radius 2 is 1.62 bits per heavy atom. The van der Waals surface area contributed by atoms with Crippen molar-refractivity contribution in [1.82, 2.24) is 9.80 Å². The number of ether oxygens (including phenoxy) is 2. The van der Waals surface area contributed by atoms with E-state index in [1.54, 1.807) is 28.0 Å². The zero-order valence-electron chi connectivity index (χ0n) is 17.0. The summed E-state index contributed by atoms with van der Waals surface area (Å²) in [6.07, 6.45) is -2.57. The molecule has 2 heterocycles. The van der Waals surface area contributed by atoms with Crippen molar-refractivity contribution < 1.29 is 32.2 Å². The topological polar surface area (TPSA) is 59.1 Å². The Bertz CT molecular complexity index is 1030. The van der Waals surface area contributed by atoms with Crippen LogP contribution in [0.25, 0.3) is 6.08 Å². The minimum atomic E-state index is -4.44. The first-order valence-corrected chi connectivity index (χ1v) is 10.1. The molecule has 9 heteroatoms. The summed E-state index contributed by atoms with van der Waals surface area (Å²) in [4.78, 5) is 28.4. The van der Waals surface area contributed by atoms with Gasteiger partial charge in [0.2, 0.25) is 12.0 Å². The van der Waals surface area contributed by atoms with Gasteiger partial charge in [-0.25, -0.2) is 0 Å². The van der Waals surface area contributed by atoms with Gasteiger partial charge in [-0.05, 0) is 35.9 Å². The van der Waals surface area contributed by atoms with E-state index in [0.29, 0.717) is 37.7 Å². The highest BCUT2D eigenvalue weighted by Gasteiger charge is 2.33. The highest BCUT2D eigenvalue weighted by Crippen LogP contribution is 2.31. The number of piperazine rings is 1. The van der Waals surface area contributed by atoms with E-state index in [9.17, 15) is 22.8 Å². The van der Waals surface area contributed by atoms with Gasteiger partial charge in [0.15, 0.2) is 11.5 Å². The van der Waals surface area contributed by atoms with Gasteiger partial charge in [0.1, 0.15) is 6.61 Å². The summed E-state index contributed by atoms with van der Waals surface area (Å²) < 4.78 is 49.8. The molecule has 1 saturated heterocycles. The van der Waals surface area contributed by atoms with E-state index in [1.807, 2.05) is 6.07 Å². The molecule has 2 aromatic rings. The highest BCUT2D eigenvalue weighted by molar-refractivity contribution is 5.92. The van der Waals surface area contributed by atoms with E-state index in [1.165, 1.54) is 24.3 Å². The van der Waals surface area contributed by atoms with Crippen LogP contribution in [0.1, 0.15) is 11.1 Å². The molecule has 1 atom stereocenters. The third kappa shape index (κ3) is 4.87. The quantitative estimate of drug-likeness (QED) is 0.680. The standard InChI is InChI=1S/C23H21F3N2O4/c24-23(25,26)17-5-3-4-16(14-17)8-9-21(29)27-10-12-28(13-11-27)22(30)20-15-31-18-6-1-2-7-19(18)32-20/h1-9,14,20H,10-13,15H2/b9-8-/t20-/m0/s1. The smallest absolute Gasteiger partial charge is 0.416 e. The monoisotopic (exact) mass is 446 g/mol. The summed E-state index contributed by atoms with van der Waals surface area (Å²) in [5.41, 5.74) is -0.479. The first kappa shape index (κ1) is 21.7. The second-order valence-corrected chi connectivity index (χ2v) is 7.47. The summed E-state index contributed by atoms with van der Waals surface area (Å²) >= 11 is 0. The Labute approximate surface area is 182 Å². The molecule has 0 N–H and O–H groups in total. The number of amides is 2. The number of alkyl halides is 3. The van der Waals surface area contributed by atoms with Gasteiger partial charge in [-0.3, -0.25) is 9.59 Å². The average Bonchev–Trinajstić information content (AvgIpc) is 2.81. The lowest BCUT2D eigenvalue weighted by Gasteiger charge is -2.36. The number of carbonyl (C=O) groups excluding carboxylic acids is 2. The fraction of sp³-hybridized carbons (Fsp3) is 0.304. The fourth-order valence-electron chi connectivity index (χ4n) is 3.58. The number of nitrogens with zero attached hydrogens (tertiary/aromatic N) is 2. The van der Waals surface area contributed by atoms with Crippen LogP contribution in [-0.4, -0.2) is 60.5 Å². The van der Waals surface area contributed by atoms with E-state index >= 15 is 0 Å². The second kappa shape index (κ2) is 8.94. The lowest BCUT2D eigenvalue weighted by Crippen LogP contribution is -2.54. The Morgan fingerprint density at radius 3 is 2.34 bits per heavy atom. The average molecular weight is 446 g/mol. The number of para-hydroxylation sites is 2. The maximum absolute atomic E-state index is 12.8. The minimum absolute atomic E-state index is 0.120. The van der Waals surface area contributed by atoms with Gasteiger partial charge in [0.25, 0.3) is 5.91 Å². The third-order valence-electron chi connectivity index (χ3n) is 5.32.